The zero-order valence-corrected chi connectivity index (χ0v) is 11.6. The molecule has 19 heavy (non-hydrogen) atoms. The van der Waals surface area contributed by atoms with Gasteiger partial charge in [0.2, 0.25) is 0 Å². The summed E-state index contributed by atoms with van der Waals surface area (Å²) >= 11 is 5.98. The van der Waals surface area contributed by atoms with Crippen molar-refractivity contribution in [2.45, 2.75) is 20.0 Å². The lowest BCUT2D eigenvalue weighted by Crippen LogP contribution is -2.34. The number of halogens is 1. The summed E-state index contributed by atoms with van der Waals surface area (Å²) in [6.45, 7) is 3.97. The van der Waals surface area contributed by atoms with Gasteiger partial charge in [0.15, 0.2) is 11.3 Å². The molecule has 1 unspecified atom stereocenters. The number of benzene rings is 1. The number of rotatable bonds is 4. The Bertz CT molecular complexity index is 591. The molecule has 5 heteroatoms. The molecule has 0 aliphatic carbocycles. The molecule has 0 spiro atoms. The molecule has 1 aromatic heterocycles. The number of para-hydroxylation sites is 1. The molecule has 0 aliphatic heterocycles. The SMILES string of the molecule is CC(C)C(O)CNC(=O)c1cc2cccc(Cl)c2o1. The maximum Gasteiger partial charge on any atom is 0.287 e. The molecule has 1 heterocycles. The summed E-state index contributed by atoms with van der Waals surface area (Å²) in [5.74, 6) is -0.0727. The Morgan fingerprint density at radius 3 is 2.84 bits per heavy atom. The van der Waals surface area contributed by atoms with E-state index in [0.29, 0.717) is 10.6 Å². The molecule has 0 saturated carbocycles. The van der Waals surface area contributed by atoms with Crippen molar-refractivity contribution in [1.82, 2.24) is 5.32 Å². The molecule has 0 aliphatic rings. The van der Waals surface area contributed by atoms with Crippen LogP contribution in [0.4, 0.5) is 0 Å². The maximum absolute atomic E-state index is 11.9. The Hall–Kier alpha value is -1.52. The largest absolute Gasteiger partial charge is 0.449 e. The van der Waals surface area contributed by atoms with Crippen molar-refractivity contribution < 1.29 is 14.3 Å². The second-order valence-corrected chi connectivity index (χ2v) is 5.20. The number of carbonyl (C=O) groups excluding carboxylic acids is 1. The van der Waals surface area contributed by atoms with Crippen LogP contribution in [0.5, 0.6) is 0 Å². The molecule has 0 radical (unpaired) electrons. The number of hydrogen-bond acceptors (Lipinski definition) is 3. The first-order chi connectivity index (χ1) is 8.99. The van der Waals surface area contributed by atoms with Crippen molar-refractivity contribution in [2.75, 3.05) is 6.54 Å². The first kappa shape index (κ1) is 13.9. The van der Waals surface area contributed by atoms with Crippen LogP contribution in [-0.2, 0) is 0 Å². The minimum absolute atomic E-state index is 0.0883. The fourth-order valence-electron chi connectivity index (χ4n) is 1.66. The van der Waals surface area contributed by atoms with E-state index in [1.54, 1.807) is 18.2 Å². The van der Waals surface area contributed by atoms with Gasteiger partial charge >= 0.3 is 0 Å². The first-order valence-corrected chi connectivity index (χ1v) is 6.51. The monoisotopic (exact) mass is 281 g/mol. The Morgan fingerprint density at radius 1 is 1.47 bits per heavy atom. The van der Waals surface area contributed by atoms with E-state index in [-0.39, 0.29) is 24.1 Å². The number of aliphatic hydroxyl groups excluding tert-OH is 1. The molecule has 2 aromatic rings. The summed E-state index contributed by atoms with van der Waals surface area (Å²) in [5, 5.41) is 13.5. The first-order valence-electron chi connectivity index (χ1n) is 6.13. The highest BCUT2D eigenvalue weighted by molar-refractivity contribution is 6.34. The highest BCUT2D eigenvalue weighted by Crippen LogP contribution is 2.26. The Labute approximate surface area is 116 Å². The third kappa shape index (κ3) is 3.08. The van der Waals surface area contributed by atoms with Crippen LogP contribution in [0, 0.1) is 5.92 Å². The average molecular weight is 282 g/mol. The van der Waals surface area contributed by atoms with Crippen LogP contribution >= 0.6 is 11.6 Å². The third-order valence-electron chi connectivity index (χ3n) is 2.96. The Morgan fingerprint density at radius 2 is 2.21 bits per heavy atom. The van der Waals surface area contributed by atoms with Crippen molar-refractivity contribution in [3.63, 3.8) is 0 Å². The molecular formula is C14H16ClNO3. The number of nitrogens with one attached hydrogen (secondary N) is 1. The molecule has 2 N–H and O–H groups in total. The lowest BCUT2D eigenvalue weighted by molar-refractivity contribution is 0.0849. The van der Waals surface area contributed by atoms with E-state index in [1.165, 1.54) is 0 Å². The van der Waals surface area contributed by atoms with Gasteiger partial charge in [-0.2, -0.15) is 0 Å². The predicted molar refractivity (Wildman–Crippen MR) is 74.4 cm³/mol. The number of furan rings is 1. The highest BCUT2D eigenvalue weighted by atomic mass is 35.5. The van der Waals surface area contributed by atoms with Gasteiger partial charge in [-0.25, -0.2) is 0 Å². The van der Waals surface area contributed by atoms with Gasteiger partial charge in [0, 0.05) is 11.9 Å². The van der Waals surface area contributed by atoms with Crippen LogP contribution in [0.1, 0.15) is 24.4 Å². The lowest BCUT2D eigenvalue weighted by atomic mass is 10.1. The van der Waals surface area contributed by atoms with Crippen molar-refractivity contribution in [3.8, 4) is 0 Å². The molecule has 1 amide bonds. The number of amides is 1. The van der Waals surface area contributed by atoms with Crippen LogP contribution in [0.2, 0.25) is 5.02 Å². The summed E-state index contributed by atoms with van der Waals surface area (Å²) < 4.78 is 5.43. The molecule has 102 valence electrons. The Kier molecular flexibility index (Phi) is 4.12. The third-order valence-corrected chi connectivity index (χ3v) is 3.26. The summed E-state index contributed by atoms with van der Waals surface area (Å²) in [5.41, 5.74) is 0.499. The van der Waals surface area contributed by atoms with Crippen LogP contribution in [0.15, 0.2) is 28.7 Å². The lowest BCUT2D eigenvalue weighted by Gasteiger charge is -2.14. The van der Waals surface area contributed by atoms with Gasteiger partial charge in [-0.15, -0.1) is 0 Å². The summed E-state index contributed by atoms with van der Waals surface area (Å²) in [6.07, 6.45) is -0.572. The van der Waals surface area contributed by atoms with Gasteiger partial charge < -0.3 is 14.8 Å². The number of aliphatic hydroxyl groups is 1. The zero-order valence-electron chi connectivity index (χ0n) is 10.8. The number of fused-ring (bicyclic) bond motifs is 1. The molecule has 0 saturated heterocycles. The smallest absolute Gasteiger partial charge is 0.287 e. The quantitative estimate of drug-likeness (QED) is 0.906. The van der Waals surface area contributed by atoms with Crippen molar-refractivity contribution >= 4 is 28.5 Å². The molecule has 0 fully saturated rings. The molecular weight excluding hydrogens is 266 g/mol. The summed E-state index contributed by atoms with van der Waals surface area (Å²) in [4.78, 5) is 11.9. The van der Waals surface area contributed by atoms with Gasteiger partial charge in [0.25, 0.3) is 5.91 Å². The van der Waals surface area contributed by atoms with Crippen molar-refractivity contribution in [3.05, 3.63) is 35.0 Å². The van der Waals surface area contributed by atoms with Gasteiger partial charge in [-0.1, -0.05) is 37.6 Å². The van der Waals surface area contributed by atoms with Gasteiger partial charge in [-0.05, 0) is 18.1 Å². The van der Waals surface area contributed by atoms with Crippen LogP contribution < -0.4 is 5.32 Å². The van der Waals surface area contributed by atoms with Crippen molar-refractivity contribution in [1.29, 1.82) is 0 Å². The van der Waals surface area contributed by atoms with Gasteiger partial charge in [-0.3, -0.25) is 4.79 Å². The van der Waals surface area contributed by atoms with E-state index in [2.05, 4.69) is 5.32 Å². The minimum atomic E-state index is -0.572. The van der Waals surface area contributed by atoms with Crippen LogP contribution in [0.3, 0.4) is 0 Å². The average Bonchev–Trinajstić information content (AvgIpc) is 2.80. The summed E-state index contributed by atoms with van der Waals surface area (Å²) in [6, 6.07) is 6.96. The van der Waals surface area contributed by atoms with Gasteiger partial charge in [0.05, 0.1) is 11.1 Å². The Balaban J connectivity index is 2.12. The van der Waals surface area contributed by atoms with Crippen LogP contribution in [-0.4, -0.2) is 23.7 Å². The van der Waals surface area contributed by atoms with E-state index in [0.717, 1.165) is 5.39 Å². The zero-order chi connectivity index (χ0) is 14.0. The summed E-state index contributed by atoms with van der Waals surface area (Å²) in [7, 11) is 0. The molecule has 2 rings (SSSR count). The second kappa shape index (κ2) is 5.63. The minimum Gasteiger partial charge on any atom is -0.449 e. The standard InChI is InChI=1S/C14H16ClNO3/c1-8(2)11(17)7-16-14(18)12-6-9-4-3-5-10(15)13(9)19-12/h3-6,8,11,17H,7H2,1-2H3,(H,16,18). The molecule has 4 nitrogen and oxygen atoms in total. The van der Waals surface area contributed by atoms with E-state index in [9.17, 15) is 9.90 Å². The molecule has 1 atom stereocenters. The highest BCUT2D eigenvalue weighted by Gasteiger charge is 2.16. The maximum atomic E-state index is 11.9. The second-order valence-electron chi connectivity index (χ2n) is 4.79. The fraction of sp³-hybridized carbons (Fsp3) is 0.357. The van der Waals surface area contributed by atoms with E-state index in [1.807, 2.05) is 19.9 Å². The molecule has 0 bridgehead atoms. The number of hydrogen-bond donors (Lipinski definition) is 2. The predicted octanol–water partition coefficient (Wildman–Crippen LogP) is 2.83. The van der Waals surface area contributed by atoms with E-state index < -0.39 is 6.10 Å². The normalized spacial score (nSPS) is 12.9. The fourth-order valence-corrected chi connectivity index (χ4v) is 1.88. The molecule has 1 aromatic carbocycles. The number of carbonyl (C=O) groups is 1. The topological polar surface area (TPSA) is 62.5 Å². The van der Waals surface area contributed by atoms with Crippen LogP contribution in [0.25, 0.3) is 11.0 Å². The van der Waals surface area contributed by atoms with E-state index in [4.69, 9.17) is 16.0 Å². The van der Waals surface area contributed by atoms with E-state index >= 15 is 0 Å². The van der Waals surface area contributed by atoms with Gasteiger partial charge in [0.1, 0.15) is 0 Å². The van der Waals surface area contributed by atoms with Crippen molar-refractivity contribution in [2.24, 2.45) is 5.92 Å².